The molecule has 116 valence electrons. The molecule has 1 N–H and O–H groups in total. The molecule has 1 aliphatic rings. The minimum absolute atomic E-state index is 0.0679. The smallest absolute Gasteiger partial charge is 0.224 e. The van der Waals surface area contributed by atoms with E-state index in [9.17, 15) is 4.79 Å². The normalized spacial score (nSPS) is 15.0. The van der Waals surface area contributed by atoms with Crippen LogP contribution in [0.2, 0.25) is 0 Å². The van der Waals surface area contributed by atoms with Gasteiger partial charge in [-0.1, -0.05) is 6.92 Å². The van der Waals surface area contributed by atoms with Crippen molar-refractivity contribution >= 4 is 28.1 Å². The molecule has 1 amide bonds. The van der Waals surface area contributed by atoms with E-state index in [1.165, 1.54) is 30.3 Å². The molecule has 2 aromatic rings. The molecule has 1 aromatic carbocycles. The monoisotopic (exact) mass is 297 g/mol. The zero-order valence-corrected chi connectivity index (χ0v) is 13.1. The highest BCUT2D eigenvalue weighted by atomic mass is 16.1. The van der Waals surface area contributed by atoms with Crippen LogP contribution in [0.15, 0.2) is 30.6 Å². The molecule has 1 saturated heterocycles. The number of anilines is 2. The number of hydrogen-bond acceptors (Lipinski definition) is 3. The summed E-state index contributed by atoms with van der Waals surface area (Å²) >= 11 is 0. The minimum atomic E-state index is 0.0679. The fourth-order valence-corrected chi connectivity index (χ4v) is 3.13. The average molecular weight is 297 g/mol. The van der Waals surface area contributed by atoms with Gasteiger partial charge in [-0.15, -0.1) is 0 Å². The number of hydrogen-bond donors (Lipinski definition) is 1. The third-order valence-corrected chi connectivity index (χ3v) is 4.24. The largest absolute Gasteiger partial charge is 0.371 e. The lowest BCUT2D eigenvalue weighted by Crippen LogP contribution is -2.29. The predicted octanol–water partition coefficient (Wildman–Crippen LogP) is 3.96. The Balaban J connectivity index is 1.97. The summed E-state index contributed by atoms with van der Waals surface area (Å²) in [5.41, 5.74) is 2.12. The Hall–Kier alpha value is -2.10. The van der Waals surface area contributed by atoms with Gasteiger partial charge in [-0.3, -0.25) is 9.78 Å². The van der Waals surface area contributed by atoms with E-state index in [-0.39, 0.29) is 5.91 Å². The molecule has 0 bridgehead atoms. The van der Waals surface area contributed by atoms with Gasteiger partial charge in [0.25, 0.3) is 0 Å². The first-order valence-corrected chi connectivity index (χ1v) is 8.21. The molecule has 3 rings (SSSR count). The van der Waals surface area contributed by atoms with Crippen molar-refractivity contribution in [3.63, 3.8) is 0 Å². The molecule has 0 saturated carbocycles. The molecule has 0 atom stereocenters. The quantitative estimate of drug-likeness (QED) is 0.929. The number of aromatic nitrogens is 1. The van der Waals surface area contributed by atoms with E-state index in [0.717, 1.165) is 30.6 Å². The van der Waals surface area contributed by atoms with Crippen LogP contribution in [0.25, 0.3) is 10.8 Å². The number of carbonyl (C=O) groups is 1. The summed E-state index contributed by atoms with van der Waals surface area (Å²) in [4.78, 5) is 18.6. The van der Waals surface area contributed by atoms with E-state index in [2.05, 4.69) is 27.3 Å². The van der Waals surface area contributed by atoms with Crippen LogP contribution in [-0.2, 0) is 4.79 Å². The Morgan fingerprint density at radius 2 is 2.00 bits per heavy atom. The van der Waals surface area contributed by atoms with Crippen molar-refractivity contribution in [2.75, 3.05) is 23.3 Å². The number of fused-ring (bicyclic) bond motifs is 1. The van der Waals surface area contributed by atoms with E-state index in [0.29, 0.717) is 6.42 Å². The van der Waals surface area contributed by atoms with Crippen LogP contribution in [0.5, 0.6) is 0 Å². The average Bonchev–Trinajstić information content (AvgIpc) is 2.56. The molecular formula is C18H23N3O. The Bertz CT molecular complexity index is 662. The summed E-state index contributed by atoms with van der Waals surface area (Å²) < 4.78 is 0. The van der Waals surface area contributed by atoms with E-state index < -0.39 is 0 Å². The van der Waals surface area contributed by atoms with Gasteiger partial charge in [0.15, 0.2) is 0 Å². The fourth-order valence-electron chi connectivity index (χ4n) is 3.13. The zero-order valence-electron chi connectivity index (χ0n) is 13.1. The van der Waals surface area contributed by atoms with Crippen LogP contribution in [0.1, 0.15) is 39.0 Å². The summed E-state index contributed by atoms with van der Waals surface area (Å²) in [5.74, 6) is 0.0679. The maximum Gasteiger partial charge on any atom is 0.224 e. The lowest BCUT2D eigenvalue weighted by atomic mass is 10.0. The number of rotatable bonds is 4. The maximum absolute atomic E-state index is 11.9. The Morgan fingerprint density at radius 3 is 2.77 bits per heavy atom. The summed E-state index contributed by atoms with van der Waals surface area (Å²) in [5, 5.41) is 5.21. The number of piperidine rings is 1. The molecule has 2 heterocycles. The van der Waals surface area contributed by atoms with Crippen LogP contribution in [0.4, 0.5) is 11.4 Å². The summed E-state index contributed by atoms with van der Waals surface area (Å²) in [6.45, 7) is 4.23. The summed E-state index contributed by atoms with van der Waals surface area (Å²) in [6, 6.07) is 6.20. The number of pyridine rings is 1. The molecule has 4 nitrogen and oxygen atoms in total. The molecule has 0 radical (unpaired) electrons. The molecule has 22 heavy (non-hydrogen) atoms. The first-order valence-electron chi connectivity index (χ1n) is 8.21. The summed E-state index contributed by atoms with van der Waals surface area (Å²) in [7, 11) is 0. The van der Waals surface area contributed by atoms with Gasteiger partial charge >= 0.3 is 0 Å². The van der Waals surface area contributed by atoms with Crippen molar-refractivity contribution in [2.24, 2.45) is 0 Å². The fraction of sp³-hybridized carbons (Fsp3) is 0.444. The number of amides is 1. The number of benzene rings is 1. The van der Waals surface area contributed by atoms with E-state index in [4.69, 9.17) is 0 Å². The SMILES string of the molecule is CCCC(=O)Nc1ccc(N2CCCCC2)c2ccncc12. The second kappa shape index (κ2) is 6.77. The first kappa shape index (κ1) is 14.8. The van der Waals surface area contributed by atoms with Gasteiger partial charge in [-0.05, 0) is 43.9 Å². The second-order valence-corrected chi connectivity index (χ2v) is 5.90. The predicted molar refractivity (Wildman–Crippen MR) is 91.3 cm³/mol. The third kappa shape index (κ3) is 3.06. The van der Waals surface area contributed by atoms with E-state index in [1.54, 1.807) is 0 Å². The molecule has 0 aliphatic carbocycles. The molecule has 1 aromatic heterocycles. The minimum Gasteiger partial charge on any atom is -0.371 e. The van der Waals surface area contributed by atoms with E-state index in [1.807, 2.05) is 25.4 Å². The highest BCUT2D eigenvalue weighted by molar-refractivity contribution is 6.06. The Morgan fingerprint density at radius 1 is 1.18 bits per heavy atom. The highest BCUT2D eigenvalue weighted by Gasteiger charge is 2.15. The highest BCUT2D eigenvalue weighted by Crippen LogP contribution is 2.33. The summed E-state index contributed by atoms with van der Waals surface area (Å²) in [6.07, 6.45) is 8.91. The van der Waals surface area contributed by atoms with Gasteiger partial charge < -0.3 is 10.2 Å². The molecule has 1 fully saturated rings. The molecule has 4 heteroatoms. The zero-order chi connectivity index (χ0) is 15.4. The van der Waals surface area contributed by atoms with Gasteiger partial charge in [-0.25, -0.2) is 0 Å². The number of nitrogens with zero attached hydrogens (tertiary/aromatic N) is 2. The molecule has 0 unspecified atom stereocenters. The van der Waals surface area contributed by atoms with Crippen molar-refractivity contribution in [1.82, 2.24) is 4.98 Å². The van der Waals surface area contributed by atoms with E-state index >= 15 is 0 Å². The van der Waals surface area contributed by atoms with Crippen molar-refractivity contribution in [1.29, 1.82) is 0 Å². The van der Waals surface area contributed by atoms with Gasteiger partial charge in [0, 0.05) is 48.4 Å². The maximum atomic E-state index is 11.9. The lowest BCUT2D eigenvalue weighted by molar-refractivity contribution is -0.116. The Labute approximate surface area is 131 Å². The Kier molecular flexibility index (Phi) is 4.56. The van der Waals surface area contributed by atoms with Gasteiger partial charge in [0.2, 0.25) is 5.91 Å². The second-order valence-electron chi connectivity index (χ2n) is 5.90. The van der Waals surface area contributed by atoms with Crippen molar-refractivity contribution < 1.29 is 4.79 Å². The van der Waals surface area contributed by atoms with Crippen LogP contribution in [0.3, 0.4) is 0 Å². The lowest BCUT2D eigenvalue weighted by Gasteiger charge is -2.30. The number of carbonyl (C=O) groups excluding carboxylic acids is 1. The molecule has 0 spiro atoms. The van der Waals surface area contributed by atoms with Gasteiger partial charge in [-0.2, -0.15) is 0 Å². The van der Waals surface area contributed by atoms with Crippen molar-refractivity contribution in [2.45, 2.75) is 39.0 Å². The topological polar surface area (TPSA) is 45.2 Å². The third-order valence-electron chi connectivity index (χ3n) is 4.24. The standard InChI is InChI=1S/C18H23N3O/c1-2-6-18(22)20-16-7-8-17(21-11-4-3-5-12-21)14-9-10-19-13-15(14)16/h7-10,13H,2-6,11-12H2,1H3,(H,20,22). The van der Waals surface area contributed by atoms with Gasteiger partial charge in [0.05, 0.1) is 5.69 Å². The van der Waals surface area contributed by atoms with Crippen LogP contribution in [-0.4, -0.2) is 24.0 Å². The first-order chi connectivity index (χ1) is 10.8. The van der Waals surface area contributed by atoms with Gasteiger partial charge in [0.1, 0.15) is 0 Å². The molecular weight excluding hydrogens is 274 g/mol. The molecule has 1 aliphatic heterocycles. The van der Waals surface area contributed by atoms with Crippen LogP contribution in [0, 0.1) is 0 Å². The van der Waals surface area contributed by atoms with Crippen molar-refractivity contribution in [3.8, 4) is 0 Å². The van der Waals surface area contributed by atoms with Crippen LogP contribution < -0.4 is 10.2 Å². The van der Waals surface area contributed by atoms with Crippen LogP contribution >= 0.6 is 0 Å². The van der Waals surface area contributed by atoms with Crippen molar-refractivity contribution in [3.05, 3.63) is 30.6 Å². The number of nitrogens with one attached hydrogen (secondary N) is 1.